The van der Waals surface area contributed by atoms with E-state index in [-0.39, 0.29) is 23.0 Å². The summed E-state index contributed by atoms with van der Waals surface area (Å²) in [7, 11) is 1.36. The average molecular weight is 457 g/mol. The van der Waals surface area contributed by atoms with Crippen molar-refractivity contribution in [2.75, 3.05) is 7.11 Å². The standard InChI is InChI=1S/C23H22F3N5O2/c1-13(2)19(21-27-16-9-4-5-10-17(16)28-21)29-22(32)20-18(33-3)12-31(30-20)15-8-6-7-14(11-15)23(24,25)26/h4-13,19H,1-3H3,(H,27,28)(H,29,32). The Hall–Kier alpha value is -3.82. The minimum atomic E-state index is -4.50. The molecule has 0 fully saturated rings. The van der Waals surface area contributed by atoms with Crippen molar-refractivity contribution in [1.29, 1.82) is 0 Å². The number of hydrogen-bond donors (Lipinski definition) is 2. The van der Waals surface area contributed by atoms with Crippen LogP contribution in [0.25, 0.3) is 16.7 Å². The fraction of sp³-hybridized carbons (Fsp3) is 0.261. The minimum Gasteiger partial charge on any atom is -0.493 e. The maximum absolute atomic E-state index is 13.1. The molecule has 2 N–H and O–H groups in total. The quantitative estimate of drug-likeness (QED) is 0.431. The van der Waals surface area contributed by atoms with Crippen molar-refractivity contribution in [3.8, 4) is 11.4 Å². The Morgan fingerprint density at radius 3 is 2.58 bits per heavy atom. The number of amides is 1. The summed E-state index contributed by atoms with van der Waals surface area (Å²) in [5.74, 6) is 0.190. The molecule has 0 bridgehead atoms. The number of ether oxygens (including phenoxy) is 1. The van der Waals surface area contributed by atoms with Crippen molar-refractivity contribution in [3.05, 3.63) is 71.8 Å². The van der Waals surface area contributed by atoms with Crippen molar-refractivity contribution in [2.24, 2.45) is 5.92 Å². The van der Waals surface area contributed by atoms with Crippen LogP contribution in [0.1, 0.15) is 41.8 Å². The number of para-hydroxylation sites is 2. The van der Waals surface area contributed by atoms with Gasteiger partial charge in [-0.3, -0.25) is 4.79 Å². The number of aromatic nitrogens is 4. The van der Waals surface area contributed by atoms with Gasteiger partial charge in [-0.2, -0.15) is 18.3 Å². The van der Waals surface area contributed by atoms with Crippen molar-refractivity contribution in [1.82, 2.24) is 25.1 Å². The Morgan fingerprint density at radius 2 is 1.91 bits per heavy atom. The second-order valence-corrected chi connectivity index (χ2v) is 7.87. The van der Waals surface area contributed by atoms with E-state index in [0.29, 0.717) is 5.82 Å². The Kier molecular flexibility index (Phi) is 5.84. The summed E-state index contributed by atoms with van der Waals surface area (Å²) in [6.45, 7) is 3.88. The molecule has 0 saturated heterocycles. The van der Waals surface area contributed by atoms with Crippen LogP contribution >= 0.6 is 0 Å². The van der Waals surface area contributed by atoms with E-state index >= 15 is 0 Å². The van der Waals surface area contributed by atoms with Crippen LogP contribution in [0.2, 0.25) is 0 Å². The molecule has 0 saturated carbocycles. The first-order valence-corrected chi connectivity index (χ1v) is 10.2. The van der Waals surface area contributed by atoms with Crippen LogP contribution in [0.4, 0.5) is 13.2 Å². The van der Waals surface area contributed by atoms with E-state index in [9.17, 15) is 18.0 Å². The molecule has 4 aromatic rings. The normalized spacial score (nSPS) is 12.8. The molecule has 2 heterocycles. The van der Waals surface area contributed by atoms with E-state index in [1.54, 1.807) is 0 Å². The van der Waals surface area contributed by atoms with Gasteiger partial charge in [0.15, 0.2) is 11.4 Å². The van der Waals surface area contributed by atoms with E-state index in [1.807, 2.05) is 38.1 Å². The number of halogens is 3. The van der Waals surface area contributed by atoms with Gasteiger partial charge in [0.05, 0.1) is 41.6 Å². The largest absolute Gasteiger partial charge is 0.493 e. The lowest BCUT2D eigenvalue weighted by Crippen LogP contribution is -2.33. The van der Waals surface area contributed by atoms with Crippen LogP contribution in [-0.4, -0.2) is 32.8 Å². The predicted molar refractivity (Wildman–Crippen MR) is 116 cm³/mol. The number of fused-ring (bicyclic) bond motifs is 1. The molecule has 4 rings (SSSR count). The molecule has 1 unspecified atom stereocenters. The van der Waals surface area contributed by atoms with Gasteiger partial charge in [0.1, 0.15) is 5.82 Å². The molecule has 33 heavy (non-hydrogen) atoms. The first-order chi connectivity index (χ1) is 15.7. The van der Waals surface area contributed by atoms with Crippen molar-refractivity contribution >= 4 is 16.9 Å². The van der Waals surface area contributed by atoms with Crippen molar-refractivity contribution in [2.45, 2.75) is 26.1 Å². The highest BCUT2D eigenvalue weighted by Crippen LogP contribution is 2.31. The molecule has 0 aliphatic heterocycles. The summed E-state index contributed by atoms with van der Waals surface area (Å²) in [4.78, 5) is 20.9. The van der Waals surface area contributed by atoms with Crippen LogP contribution in [0.3, 0.4) is 0 Å². The molecule has 1 atom stereocenters. The van der Waals surface area contributed by atoms with Crippen LogP contribution in [0.5, 0.6) is 5.75 Å². The number of H-pyrrole nitrogens is 1. The number of benzene rings is 2. The Balaban J connectivity index is 1.64. The maximum atomic E-state index is 13.1. The van der Waals surface area contributed by atoms with Crippen LogP contribution in [0.15, 0.2) is 54.7 Å². The number of carbonyl (C=O) groups is 1. The molecule has 10 heteroatoms. The molecule has 2 aromatic carbocycles. The summed E-state index contributed by atoms with van der Waals surface area (Å²) in [5, 5.41) is 7.12. The molecule has 7 nitrogen and oxygen atoms in total. The SMILES string of the molecule is COc1cn(-c2cccc(C(F)(F)F)c2)nc1C(=O)NC(c1nc2ccccc2[nH]1)C(C)C. The molecule has 0 spiro atoms. The van der Waals surface area contributed by atoms with Crippen LogP contribution < -0.4 is 10.1 Å². The minimum absolute atomic E-state index is 0.00828. The van der Waals surface area contributed by atoms with E-state index in [2.05, 4.69) is 20.4 Å². The van der Waals surface area contributed by atoms with Gasteiger partial charge in [-0.1, -0.05) is 32.0 Å². The molecular formula is C23H22F3N5O2. The molecule has 0 aliphatic rings. The van der Waals surface area contributed by atoms with E-state index in [4.69, 9.17) is 4.74 Å². The van der Waals surface area contributed by atoms with Gasteiger partial charge in [-0.15, -0.1) is 0 Å². The Bertz CT molecular complexity index is 1260. The van der Waals surface area contributed by atoms with Gasteiger partial charge in [-0.25, -0.2) is 9.67 Å². The first kappa shape index (κ1) is 22.4. The van der Waals surface area contributed by atoms with Crippen LogP contribution in [0, 0.1) is 5.92 Å². The smallest absolute Gasteiger partial charge is 0.416 e. The zero-order valence-corrected chi connectivity index (χ0v) is 18.1. The second-order valence-electron chi connectivity index (χ2n) is 7.87. The summed E-state index contributed by atoms with van der Waals surface area (Å²) in [5.41, 5.74) is 0.916. The van der Waals surface area contributed by atoms with Crippen molar-refractivity contribution in [3.63, 3.8) is 0 Å². The molecule has 1 amide bonds. The van der Waals surface area contributed by atoms with Gasteiger partial charge >= 0.3 is 6.18 Å². The maximum Gasteiger partial charge on any atom is 0.416 e. The molecule has 0 radical (unpaired) electrons. The predicted octanol–water partition coefficient (Wildman–Crippen LogP) is 4.90. The number of nitrogens with zero attached hydrogens (tertiary/aromatic N) is 3. The summed E-state index contributed by atoms with van der Waals surface area (Å²) < 4.78 is 45.7. The third-order valence-corrected chi connectivity index (χ3v) is 5.21. The van der Waals surface area contributed by atoms with E-state index in [1.165, 1.54) is 30.1 Å². The zero-order valence-electron chi connectivity index (χ0n) is 18.1. The number of imidazole rings is 1. The number of carbonyl (C=O) groups excluding carboxylic acids is 1. The topological polar surface area (TPSA) is 84.8 Å². The lowest BCUT2D eigenvalue weighted by molar-refractivity contribution is -0.137. The lowest BCUT2D eigenvalue weighted by atomic mass is 10.0. The zero-order chi connectivity index (χ0) is 23.8. The van der Waals surface area contributed by atoms with Gasteiger partial charge in [0.25, 0.3) is 5.91 Å². The molecule has 2 aromatic heterocycles. The van der Waals surface area contributed by atoms with Gasteiger partial charge in [0, 0.05) is 0 Å². The third-order valence-electron chi connectivity index (χ3n) is 5.21. The highest BCUT2D eigenvalue weighted by molar-refractivity contribution is 5.95. The lowest BCUT2D eigenvalue weighted by Gasteiger charge is -2.20. The number of aromatic amines is 1. The highest BCUT2D eigenvalue weighted by Gasteiger charge is 2.31. The number of nitrogens with one attached hydrogen (secondary N) is 2. The number of alkyl halides is 3. The second kappa shape index (κ2) is 8.61. The first-order valence-electron chi connectivity index (χ1n) is 10.2. The monoisotopic (exact) mass is 457 g/mol. The highest BCUT2D eigenvalue weighted by atomic mass is 19.4. The van der Waals surface area contributed by atoms with Crippen LogP contribution in [-0.2, 0) is 6.18 Å². The summed E-state index contributed by atoms with van der Waals surface area (Å²) in [6, 6.07) is 11.8. The van der Waals surface area contributed by atoms with E-state index < -0.39 is 23.7 Å². The van der Waals surface area contributed by atoms with Gasteiger partial charge in [0.2, 0.25) is 0 Å². The Labute approximate surface area is 187 Å². The molecular weight excluding hydrogens is 435 g/mol. The molecule has 0 aliphatic carbocycles. The number of methoxy groups -OCH3 is 1. The summed E-state index contributed by atoms with van der Waals surface area (Å²) in [6.07, 6.45) is -3.12. The van der Waals surface area contributed by atoms with Gasteiger partial charge < -0.3 is 15.0 Å². The van der Waals surface area contributed by atoms with Crippen molar-refractivity contribution < 1.29 is 22.7 Å². The Morgan fingerprint density at radius 1 is 1.15 bits per heavy atom. The average Bonchev–Trinajstić information content (AvgIpc) is 3.41. The molecule has 172 valence electrons. The third kappa shape index (κ3) is 4.55. The fourth-order valence-electron chi connectivity index (χ4n) is 3.50. The summed E-state index contributed by atoms with van der Waals surface area (Å²) >= 11 is 0. The number of hydrogen-bond acceptors (Lipinski definition) is 4. The van der Waals surface area contributed by atoms with Gasteiger partial charge in [-0.05, 0) is 36.2 Å². The van der Waals surface area contributed by atoms with E-state index in [0.717, 1.165) is 23.2 Å². The fourth-order valence-corrected chi connectivity index (χ4v) is 3.50. The number of rotatable bonds is 6.